The molecular formula is C20H35NO2. The molecular weight excluding hydrogens is 286 g/mol. The van der Waals surface area contributed by atoms with Gasteiger partial charge in [0.25, 0.3) is 0 Å². The number of imide groups is 1. The Morgan fingerprint density at radius 3 is 1.96 bits per heavy atom. The first kappa shape index (κ1) is 19.9. The Bertz CT molecular complexity index is 365. The summed E-state index contributed by atoms with van der Waals surface area (Å²) in [5, 5.41) is 2.40. The Balaban J connectivity index is 1.98. The van der Waals surface area contributed by atoms with Crippen LogP contribution < -0.4 is 5.32 Å². The smallest absolute Gasteiger partial charge is 0.230 e. The fourth-order valence-electron chi connectivity index (χ4n) is 3.45. The molecule has 1 saturated heterocycles. The van der Waals surface area contributed by atoms with Crippen molar-refractivity contribution >= 4 is 11.8 Å². The monoisotopic (exact) mass is 321 g/mol. The van der Waals surface area contributed by atoms with Crippen LogP contribution in [0.2, 0.25) is 0 Å². The highest BCUT2D eigenvalue weighted by Crippen LogP contribution is 2.27. The zero-order chi connectivity index (χ0) is 16.9. The number of rotatable bonds is 14. The molecule has 0 bridgehead atoms. The summed E-state index contributed by atoms with van der Waals surface area (Å²) in [4.78, 5) is 23.0. The summed E-state index contributed by atoms with van der Waals surface area (Å²) in [5.41, 5.74) is 0. The van der Waals surface area contributed by atoms with E-state index in [4.69, 9.17) is 0 Å². The summed E-state index contributed by atoms with van der Waals surface area (Å²) in [6.07, 6.45) is 17.8. The number of hydrogen-bond donors (Lipinski definition) is 1. The van der Waals surface area contributed by atoms with E-state index < -0.39 is 0 Å². The van der Waals surface area contributed by atoms with Gasteiger partial charge in [-0.25, -0.2) is 0 Å². The summed E-state index contributed by atoms with van der Waals surface area (Å²) in [5.74, 6) is -0.267. The van der Waals surface area contributed by atoms with Gasteiger partial charge < -0.3 is 0 Å². The van der Waals surface area contributed by atoms with Crippen molar-refractivity contribution in [1.82, 2.24) is 5.32 Å². The van der Waals surface area contributed by atoms with Gasteiger partial charge in [-0.05, 0) is 12.3 Å². The predicted molar refractivity (Wildman–Crippen MR) is 96.0 cm³/mol. The minimum absolute atomic E-state index is 0.108. The van der Waals surface area contributed by atoms with E-state index in [2.05, 4.69) is 18.8 Å². The molecule has 0 aliphatic carbocycles. The lowest BCUT2D eigenvalue weighted by Gasteiger charge is -2.16. The van der Waals surface area contributed by atoms with Gasteiger partial charge in [0.15, 0.2) is 0 Å². The second-order valence-corrected chi connectivity index (χ2v) is 6.95. The Hall–Kier alpha value is -1.12. The fraction of sp³-hybridized carbons (Fsp3) is 0.800. The van der Waals surface area contributed by atoms with Crippen molar-refractivity contribution < 1.29 is 9.59 Å². The molecule has 3 heteroatoms. The number of nitrogens with one attached hydrogen (secondary N) is 1. The molecule has 2 amide bonds. The summed E-state index contributed by atoms with van der Waals surface area (Å²) < 4.78 is 0. The largest absolute Gasteiger partial charge is 0.296 e. The number of carbonyl (C=O) groups excluding carboxylic acids is 2. The van der Waals surface area contributed by atoms with Crippen molar-refractivity contribution in [3.8, 4) is 0 Å². The molecule has 23 heavy (non-hydrogen) atoms. The van der Waals surface area contributed by atoms with Crippen LogP contribution in [0.4, 0.5) is 0 Å². The third kappa shape index (κ3) is 8.34. The Kier molecular flexibility index (Phi) is 10.7. The van der Waals surface area contributed by atoms with E-state index in [-0.39, 0.29) is 23.7 Å². The molecule has 0 radical (unpaired) electrons. The lowest BCUT2D eigenvalue weighted by Crippen LogP contribution is -2.25. The number of unbranched alkanes of at least 4 members (excludes halogenated alkanes) is 10. The van der Waals surface area contributed by atoms with Gasteiger partial charge in [-0.2, -0.15) is 0 Å². The molecule has 1 rings (SSSR count). The maximum Gasteiger partial charge on any atom is 0.230 e. The molecule has 0 aromatic rings. The van der Waals surface area contributed by atoms with E-state index in [1.807, 2.05) is 6.08 Å². The van der Waals surface area contributed by atoms with Crippen molar-refractivity contribution in [3.05, 3.63) is 12.7 Å². The summed E-state index contributed by atoms with van der Waals surface area (Å²) in [6, 6.07) is 0. The van der Waals surface area contributed by atoms with Gasteiger partial charge in [-0.3, -0.25) is 14.9 Å². The van der Waals surface area contributed by atoms with Gasteiger partial charge in [-0.15, -0.1) is 6.58 Å². The van der Waals surface area contributed by atoms with Crippen molar-refractivity contribution in [3.63, 3.8) is 0 Å². The van der Waals surface area contributed by atoms with Gasteiger partial charge in [0, 0.05) is 6.42 Å². The fourth-order valence-corrected chi connectivity index (χ4v) is 3.45. The van der Waals surface area contributed by atoms with Crippen molar-refractivity contribution in [2.75, 3.05) is 0 Å². The third-order valence-electron chi connectivity index (χ3n) is 4.97. The number of hydrogen-bond acceptors (Lipinski definition) is 2. The molecule has 0 aromatic carbocycles. The SMILES string of the molecule is C=CC(CCCCCCCCCCCCC)C1CC(=O)NC1=O. The summed E-state index contributed by atoms with van der Waals surface area (Å²) in [6.45, 7) is 6.10. The molecule has 3 nitrogen and oxygen atoms in total. The normalized spacial score (nSPS) is 18.9. The molecule has 1 heterocycles. The minimum Gasteiger partial charge on any atom is -0.296 e. The second-order valence-electron chi connectivity index (χ2n) is 6.95. The second kappa shape index (κ2) is 12.3. The Morgan fingerprint density at radius 1 is 1.00 bits per heavy atom. The highest BCUT2D eigenvalue weighted by atomic mass is 16.2. The van der Waals surface area contributed by atoms with Gasteiger partial charge >= 0.3 is 0 Å². The molecule has 0 aromatic heterocycles. The lowest BCUT2D eigenvalue weighted by atomic mass is 9.86. The van der Waals surface area contributed by atoms with E-state index in [0.29, 0.717) is 6.42 Å². The highest BCUT2D eigenvalue weighted by molar-refractivity contribution is 6.03. The average molecular weight is 322 g/mol. The van der Waals surface area contributed by atoms with E-state index in [1.165, 1.54) is 64.2 Å². The number of carbonyl (C=O) groups is 2. The molecule has 2 unspecified atom stereocenters. The van der Waals surface area contributed by atoms with Crippen LogP contribution in [0.5, 0.6) is 0 Å². The summed E-state index contributed by atoms with van der Waals surface area (Å²) in [7, 11) is 0. The number of amides is 2. The van der Waals surface area contributed by atoms with Crippen LogP contribution in [0.15, 0.2) is 12.7 Å². The molecule has 0 spiro atoms. The first-order chi connectivity index (χ1) is 11.2. The maximum atomic E-state index is 11.7. The van der Waals surface area contributed by atoms with E-state index in [1.54, 1.807) is 0 Å². The predicted octanol–water partition coefficient (Wildman–Crippen LogP) is 5.15. The van der Waals surface area contributed by atoms with Gasteiger partial charge in [-0.1, -0.05) is 83.6 Å². The Labute approximate surface area is 142 Å². The van der Waals surface area contributed by atoms with Crippen molar-refractivity contribution in [2.24, 2.45) is 11.8 Å². The minimum atomic E-state index is -0.178. The highest BCUT2D eigenvalue weighted by Gasteiger charge is 2.34. The van der Waals surface area contributed by atoms with Crippen LogP contribution in [-0.2, 0) is 9.59 Å². The number of allylic oxidation sites excluding steroid dienone is 1. The zero-order valence-corrected chi connectivity index (χ0v) is 14.9. The standard InChI is InChI=1S/C20H35NO2/c1-3-5-6-7-8-9-10-11-12-13-14-15-17(4-2)18-16-19(22)21-20(18)23/h4,17-18H,2-3,5-16H2,1H3,(H,21,22,23). The molecule has 2 atom stereocenters. The van der Waals surface area contributed by atoms with Crippen LogP contribution in [0.3, 0.4) is 0 Å². The van der Waals surface area contributed by atoms with Gasteiger partial charge in [0.1, 0.15) is 0 Å². The maximum absolute atomic E-state index is 11.7. The first-order valence-corrected chi connectivity index (χ1v) is 9.65. The van der Waals surface area contributed by atoms with E-state index in [0.717, 1.165) is 12.8 Å². The molecule has 1 fully saturated rings. The van der Waals surface area contributed by atoms with Crippen LogP contribution in [0.1, 0.15) is 90.4 Å². The van der Waals surface area contributed by atoms with Crippen LogP contribution >= 0.6 is 0 Å². The molecule has 1 aliphatic heterocycles. The topological polar surface area (TPSA) is 46.2 Å². The van der Waals surface area contributed by atoms with E-state index >= 15 is 0 Å². The van der Waals surface area contributed by atoms with Gasteiger partial charge in [0.2, 0.25) is 11.8 Å². The lowest BCUT2D eigenvalue weighted by molar-refractivity contribution is -0.126. The zero-order valence-electron chi connectivity index (χ0n) is 14.9. The third-order valence-corrected chi connectivity index (χ3v) is 4.97. The van der Waals surface area contributed by atoms with Crippen molar-refractivity contribution in [2.45, 2.75) is 90.4 Å². The van der Waals surface area contributed by atoms with Gasteiger partial charge in [0.05, 0.1) is 5.92 Å². The molecule has 1 aliphatic rings. The van der Waals surface area contributed by atoms with Crippen LogP contribution in [0.25, 0.3) is 0 Å². The summed E-state index contributed by atoms with van der Waals surface area (Å²) >= 11 is 0. The van der Waals surface area contributed by atoms with Crippen LogP contribution in [-0.4, -0.2) is 11.8 Å². The van der Waals surface area contributed by atoms with Crippen LogP contribution in [0, 0.1) is 11.8 Å². The first-order valence-electron chi connectivity index (χ1n) is 9.65. The van der Waals surface area contributed by atoms with E-state index in [9.17, 15) is 9.59 Å². The molecule has 132 valence electrons. The quantitative estimate of drug-likeness (QED) is 0.273. The molecule has 1 N–H and O–H groups in total. The average Bonchev–Trinajstić information content (AvgIpc) is 2.87. The molecule has 0 saturated carbocycles. The van der Waals surface area contributed by atoms with Crippen molar-refractivity contribution in [1.29, 1.82) is 0 Å². The Morgan fingerprint density at radius 2 is 1.52 bits per heavy atom.